The molecule has 0 spiro atoms. The molecule has 0 amide bonds. The van der Waals surface area contributed by atoms with Gasteiger partial charge in [0, 0.05) is 19.1 Å². The number of aromatic nitrogens is 3. The highest BCUT2D eigenvalue weighted by Gasteiger charge is 2.20. The number of likely N-dealkylation sites (tertiary alicyclic amines) is 1. The molecule has 6 nitrogen and oxygen atoms in total. The molecule has 1 aromatic carbocycles. The van der Waals surface area contributed by atoms with Gasteiger partial charge in [-0.05, 0) is 44.5 Å². The normalized spacial score (nSPS) is 16.8. The summed E-state index contributed by atoms with van der Waals surface area (Å²) in [6.45, 7) is 2.87. The second-order valence-corrected chi connectivity index (χ2v) is 9.68. The lowest BCUT2D eigenvalue weighted by atomic mass is 9.94. The van der Waals surface area contributed by atoms with Crippen LogP contribution in [0.3, 0.4) is 0 Å². The minimum Gasteiger partial charge on any atom is -0.306 e. The summed E-state index contributed by atoms with van der Waals surface area (Å²) >= 11 is 0. The Morgan fingerprint density at radius 3 is 2.50 bits per heavy atom. The number of nitrogens with zero attached hydrogens (tertiary/aromatic N) is 4. The van der Waals surface area contributed by atoms with Gasteiger partial charge in [0.25, 0.3) is 0 Å². The maximum Gasteiger partial charge on any atom is 0.151 e. The SMILES string of the molecule is CN1CCC(Cc2nc(CCS(C)(=O)=O)n(Cc3ccccc3)n2)CC1. The van der Waals surface area contributed by atoms with Crippen LogP contribution in [0.25, 0.3) is 0 Å². The molecule has 0 aliphatic carbocycles. The van der Waals surface area contributed by atoms with E-state index in [2.05, 4.69) is 24.1 Å². The summed E-state index contributed by atoms with van der Waals surface area (Å²) in [6, 6.07) is 10.1. The maximum atomic E-state index is 11.6. The predicted molar refractivity (Wildman–Crippen MR) is 103 cm³/mol. The Labute approximate surface area is 156 Å². The van der Waals surface area contributed by atoms with Gasteiger partial charge in [0.2, 0.25) is 0 Å². The fourth-order valence-corrected chi connectivity index (χ4v) is 3.93. The van der Waals surface area contributed by atoms with Crippen molar-refractivity contribution in [3.8, 4) is 0 Å². The van der Waals surface area contributed by atoms with Crippen molar-refractivity contribution in [3.05, 3.63) is 47.5 Å². The van der Waals surface area contributed by atoms with Crippen LogP contribution in [0.2, 0.25) is 0 Å². The van der Waals surface area contributed by atoms with Gasteiger partial charge in [0.15, 0.2) is 5.82 Å². The van der Waals surface area contributed by atoms with Crippen molar-refractivity contribution in [3.63, 3.8) is 0 Å². The van der Waals surface area contributed by atoms with Crippen molar-refractivity contribution in [2.45, 2.75) is 32.2 Å². The molecule has 0 unspecified atom stereocenters. The van der Waals surface area contributed by atoms with Crippen molar-refractivity contribution in [2.75, 3.05) is 32.1 Å². The van der Waals surface area contributed by atoms with Crippen LogP contribution in [-0.2, 0) is 29.2 Å². The van der Waals surface area contributed by atoms with Crippen molar-refractivity contribution < 1.29 is 8.42 Å². The first-order valence-electron chi connectivity index (χ1n) is 9.22. The predicted octanol–water partition coefficient (Wildman–Crippen LogP) is 1.80. The number of aryl methyl sites for hydroxylation is 1. The summed E-state index contributed by atoms with van der Waals surface area (Å²) in [6.07, 6.45) is 4.89. The van der Waals surface area contributed by atoms with E-state index in [1.165, 1.54) is 19.1 Å². The molecule has 0 radical (unpaired) electrons. The van der Waals surface area contributed by atoms with E-state index < -0.39 is 9.84 Å². The molecule has 26 heavy (non-hydrogen) atoms. The van der Waals surface area contributed by atoms with E-state index in [-0.39, 0.29) is 5.75 Å². The van der Waals surface area contributed by atoms with E-state index in [4.69, 9.17) is 10.1 Å². The van der Waals surface area contributed by atoms with Crippen molar-refractivity contribution in [1.29, 1.82) is 0 Å². The number of hydrogen-bond donors (Lipinski definition) is 0. The van der Waals surface area contributed by atoms with Gasteiger partial charge >= 0.3 is 0 Å². The van der Waals surface area contributed by atoms with Crippen LogP contribution >= 0.6 is 0 Å². The van der Waals surface area contributed by atoms with Gasteiger partial charge < -0.3 is 4.90 Å². The molecule has 1 aliphatic heterocycles. The molecule has 2 heterocycles. The van der Waals surface area contributed by atoms with E-state index in [1.807, 2.05) is 22.9 Å². The van der Waals surface area contributed by atoms with Crippen LogP contribution in [0, 0.1) is 5.92 Å². The Morgan fingerprint density at radius 2 is 1.85 bits per heavy atom. The van der Waals surface area contributed by atoms with Crippen LogP contribution in [0.5, 0.6) is 0 Å². The van der Waals surface area contributed by atoms with E-state index >= 15 is 0 Å². The summed E-state index contributed by atoms with van der Waals surface area (Å²) < 4.78 is 25.0. The highest BCUT2D eigenvalue weighted by Crippen LogP contribution is 2.20. The standard InChI is InChI=1S/C19H28N4O2S/c1-22-11-8-16(9-12-22)14-18-20-19(10-13-26(2,24)25)23(21-18)15-17-6-4-3-5-7-17/h3-7,16H,8-15H2,1-2H3. The van der Waals surface area contributed by atoms with Crippen molar-refractivity contribution >= 4 is 9.84 Å². The maximum absolute atomic E-state index is 11.6. The minimum atomic E-state index is -3.02. The van der Waals surface area contributed by atoms with Gasteiger partial charge in [-0.3, -0.25) is 0 Å². The average molecular weight is 377 g/mol. The fourth-order valence-electron chi connectivity index (χ4n) is 3.38. The number of piperidine rings is 1. The third-order valence-electron chi connectivity index (χ3n) is 4.97. The Balaban J connectivity index is 1.75. The van der Waals surface area contributed by atoms with Crippen LogP contribution in [-0.4, -0.2) is 60.2 Å². The zero-order chi connectivity index (χ0) is 18.6. The lowest BCUT2D eigenvalue weighted by Gasteiger charge is -2.28. The monoisotopic (exact) mass is 376 g/mol. The summed E-state index contributed by atoms with van der Waals surface area (Å²) in [7, 11) is -0.864. The topological polar surface area (TPSA) is 68.1 Å². The molecule has 0 N–H and O–H groups in total. The van der Waals surface area contributed by atoms with Gasteiger partial charge in [-0.2, -0.15) is 5.10 Å². The minimum absolute atomic E-state index is 0.105. The second kappa shape index (κ2) is 8.31. The number of benzene rings is 1. The molecular formula is C19H28N4O2S. The van der Waals surface area contributed by atoms with Crippen LogP contribution < -0.4 is 0 Å². The van der Waals surface area contributed by atoms with Crippen molar-refractivity contribution in [2.24, 2.45) is 5.92 Å². The summed E-state index contributed by atoms with van der Waals surface area (Å²) in [5, 5.41) is 4.72. The average Bonchev–Trinajstić information content (AvgIpc) is 2.97. The number of hydrogen-bond acceptors (Lipinski definition) is 5. The van der Waals surface area contributed by atoms with Gasteiger partial charge in [-0.15, -0.1) is 0 Å². The molecule has 1 aromatic heterocycles. The van der Waals surface area contributed by atoms with Crippen molar-refractivity contribution in [1.82, 2.24) is 19.7 Å². The fraction of sp³-hybridized carbons (Fsp3) is 0.579. The Bertz CT molecular complexity index is 809. The first-order chi connectivity index (χ1) is 12.4. The molecular weight excluding hydrogens is 348 g/mol. The lowest BCUT2D eigenvalue weighted by molar-refractivity contribution is 0.217. The highest BCUT2D eigenvalue weighted by molar-refractivity contribution is 7.90. The molecule has 0 bridgehead atoms. The molecule has 142 valence electrons. The smallest absolute Gasteiger partial charge is 0.151 e. The molecule has 3 rings (SSSR count). The molecule has 1 saturated heterocycles. The Kier molecular flexibility index (Phi) is 6.09. The van der Waals surface area contributed by atoms with E-state index in [0.29, 0.717) is 18.9 Å². The molecule has 2 aromatic rings. The summed E-state index contributed by atoms with van der Waals surface area (Å²) in [5.41, 5.74) is 1.14. The molecule has 1 aliphatic rings. The first-order valence-corrected chi connectivity index (χ1v) is 11.3. The van der Waals surface area contributed by atoms with E-state index in [0.717, 1.165) is 36.7 Å². The van der Waals surface area contributed by atoms with Gasteiger partial charge in [-0.25, -0.2) is 18.1 Å². The third-order valence-corrected chi connectivity index (χ3v) is 5.92. The van der Waals surface area contributed by atoms with Crippen LogP contribution in [0.1, 0.15) is 30.1 Å². The largest absolute Gasteiger partial charge is 0.306 e. The van der Waals surface area contributed by atoms with Gasteiger partial charge in [0.05, 0.1) is 12.3 Å². The Hall–Kier alpha value is -1.73. The van der Waals surface area contributed by atoms with Gasteiger partial charge in [-0.1, -0.05) is 30.3 Å². The zero-order valence-electron chi connectivity index (χ0n) is 15.6. The van der Waals surface area contributed by atoms with E-state index in [1.54, 1.807) is 0 Å². The Morgan fingerprint density at radius 1 is 1.15 bits per heavy atom. The third kappa shape index (κ3) is 5.64. The zero-order valence-corrected chi connectivity index (χ0v) is 16.5. The quantitative estimate of drug-likeness (QED) is 0.737. The van der Waals surface area contributed by atoms with Gasteiger partial charge in [0.1, 0.15) is 15.7 Å². The number of sulfone groups is 1. The van der Waals surface area contributed by atoms with Crippen LogP contribution in [0.15, 0.2) is 30.3 Å². The summed E-state index contributed by atoms with van der Waals surface area (Å²) in [5.74, 6) is 2.33. The number of rotatable bonds is 7. The molecule has 7 heteroatoms. The first kappa shape index (κ1) is 19.0. The highest BCUT2D eigenvalue weighted by atomic mass is 32.2. The van der Waals surface area contributed by atoms with Crippen LogP contribution in [0.4, 0.5) is 0 Å². The van der Waals surface area contributed by atoms with E-state index in [9.17, 15) is 8.42 Å². The molecule has 1 fully saturated rings. The second-order valence-electron chi connectivity index (χ2n) is 7.42. The lowest BCUT2D eigenvalue weighted by Crippen LogP contribution is -2.31. The summed E-state index contributed by atoms with van der Waals surface area (Å²) in [4.78, 5) is 7.05. The molecule has 0 atom stereocenters. The molecule has 0 saturated carbocycles.